The van der Waals surface area contributed by atoms with Gasteiger partial charge >= 0.3 is 5.97 Å². The summed E-state index contributed by atoms with van der Waals surface area (Å²) in [5, 5.41) is 30.7. The number of aromatic carboxylic acids is 1. The van der Waals surface area contributed by atoms with Gasteiger partial charge in [0.15, 0.2) is 11.5 Å². The van der Waals surface area contributed by atoms with Crippen LogP contribution >= 0.6 is 0 Å². The molecule has 176 valence electrons. The van der Waals surface area contributed by atoms with Crippen LogP contribution in [0.3, 0.4) is 0 Å². The van der Waals surface area contributed by atoms with Gasteiger partial charge in [0, 0.05) is 18.7 Å². The molecule has 0 spiro atoms. The number of anilines is 2. The quantitative estimate of drug-likeness (QED) is 0.390. The summed E-state index contributed by atoms with van der Waals surface area (Å²) in [4.78, 5) is 30.1. The predicted molar refractivity (Wildman–Crippen MR) is 126 cm³/mol. The molecule has 0 unspecified atom stereocenters. The first kappa shape index (κ1) is 22.9. The summed E-state index contributed by atoms with van der Waals surface area (Å²) in [7, 11) is 0. The van der Waals surface area contributed by atoms with Gasteiger partial charge in [-0.15, -0.1) is 0 Å². The molecule has 4 rings (SSSR count). The molecule has 9 heteroatoms. The van der Waals surface area contributed by atoms with Crippen molar-refractivity contribution in [3.63, 3.8) is 0 Å². The highest BCUT2D eigenvalue weighted by atomic mass is 16.5. The number of hydrogen-bond donors (Lipinski definition) is 4. The minimum absolute atomic E-state index is 0.208. The van der Waals surface area contributed by atoms with Crippen LogP contribution in [0.15, 0.2) is 60.8 Å². The smallest absolute Gasteiger partial charge is 0.335 e. The summed E-state index contributed by atoms with van der Waals surface area (Å²) in [5.41, 5.74) is 0.950. The van der Waals surface area contributed by atoms with Gasteiger partial charge in [-0.3, -0.25) is 4.79 Å². The van der Waals surface area contributed by atoms with E-state index < -0.39 is 11.9 Å². The summed E-state index contributed by atoms with van der Waals surface area (Å²) in [6, 6.07) is 14.0. The number of pyridine rings is 1. The van der Waals surface area contributed by atoms with Crippen LogP contribution in [0.25, 0.3) is 0 Å². The van der Waals surface area contributed by atoms with Gasteiger partial charge in [-0.25, -0.2) is 9.78 Å². The van der Waals surface area contributed by atoms with E-state index in [9.17, 15) is 19.8 Å². The van der Waals surface area contributed by atoms with Crippen molar-refractivity contribution in [1.29, 1.82) is 0 Å². The maximum absolute atomic E-state index is 12.3. The van der Waals surface area contributed by atoms with Crippen molar-refractivity contribution in [3.8, 4) is 17.2 Å². The van der Waals surface area contributed by atoms with Gasteiger partial charge in [-0.1, -0.05) is 6.07 Å². The Labute approximate surface area is 196 Å². The number of carbonyl (C=O) groups excluding carboxylic acids is 1. The number of amides is 1. The minimum atomic E-state index is -0.975. The molecule has 1 aliphatic rings. The third kappa shape index (κ3) is 5.55. The van der Waals surface area contributed by atoms with Crippen LogP contribution in [0.2, 0.25) is 0 Å². The van der Waals surface area contributed by atoms with Crippen LogP contribution in [0, 0.1) is 5.92 Å². The van der Waals surface area contributed by atoms with E-state index in [1.165, 1.54) is 30.3 Å². The Kier molecular flexibility index (Phi) is 6.82. The molecule has 1 aliphatic heterocycles. The van der Waals surface area contributed by atoms with E-state index in [1.54, 1.807) is 24.4 Å². The number of ether oxygens (including phenoxy) is 1. The second-order valence-electron chi connectivity index (χ2n) is 8.14. The number of hydrogen-bond acceptors (Lipinski definition) is 7. The number of nitrogens with one attached hydrogen (secondary N) is 1. The monoisotopic (exact) mass is 463 g/mol. The molecule has 0 atom stereocenters. The SMILES string of the molecule is O=C(O)c1cccc(OCC2CCN(c3ccc(NC(=O)c4ccc(O)c(O)c4)cn3)CC2)c1. The number of carbonyl (C=O) groups is 2. The first-order valence-corrected chi connectivity index (χ1v) is 10.9. The van der Waals surface area contributed by atoms with Gasteiger partial charge in [0.2, 0.25) is 0 Å². The molecule has 9 nitrogen and oxygen atoms in total. The van der Waals surface area contributed by atoms with Crippen molar-refractivity contribution in [2.75, 3.05) is 29.9 Å². The van der Waals surface area contributed by atoms with Gasteiger partial charge in [0.1, 0.15) is 11.6 Å². The third-order valence-corrected chi connectivity index (χ3v) is 5.75. The van der Waals surface area contributed by atoms with Gasteiger partial charge in [0.25, 0.3) is 5.91 Å². The fourth-order valence-corrected chi connectivity index (χ4v) is 3.78. The summed E-state index contributed by atoms with van der Waals surface area (Å²) >= 11 is 0. The van der Waals surface area contributed by atoms with Crippen LogP contribution < -0.4 is 15.0 Å². The summed E-state index contributed by atoms with van der Waals surface area (Å²) in [6.45, 7) is 2.16. The lowest BCUT2D eigenvalue weighted by atomic mass is 9.98. The van der Waals surface area contributed by atoms with Crippen molar-refractivity contribution in [3.05, 3.63) is 71.9 Å². The zero-order valence-corrected chi connectivity index (χ0v) is 18.3. The van der Waals surface area contributed by atoms with Crippen LogP contribution in [-0.2, 0) is 0 Å². The first-order valence-electron chi connectivity index (χ1n) is 10.9. The molecule has 1 fully saturated rings. The van der Waals surface area contributed by atoms with Crippen molar-refractivity contribution in [2.45, 2.75) is 12.8 Å². The van der Waals surface area contributed by atoms with E-state index in [0.717, 1.165) is 31.7 Å². The average molecular weight is 463 g/mol. The number of aromatic hydroxyl groups is 2. The highest BCUT2D eigenvalue weighted by Gasteiger charge is 2.21. The Morgan fingerprint density at radius 2 is 1.79 bits per heavy atom. The molecule has 0 aliphatic carbocycles. The van der Waals surface area contributed by atoms with Crippen LogP contribution in [-0.4, -0.2) is 51.9 Å². The van der Waals surface area contributed by atoms with Crippen LogP contribution in [0.4, 0.5) is 11.5 Å². The second kappa shape index (κ2) is 10.1. The van der Waals surface area contributed by atoms with E-state index in [-0.39, 0.29) is 22.6 Å². The summed E-state index contributed by atoms with van der Waals surface area (Å²) in [6.07, 6.45) is 3.42. The van der Waals surface area contributed by atoms with Crippen molar-refractivity contribution < 1.29 is 29.6 Å². The molecular weight excluding hydrogens is 438 g/mol. The zero-order valence-electron chi connectivity index (χ0n) is 18.3. The van der Waals surface area contributed by atoms with E-state index in [1.807, 2.05) is 6.07 Å². The molecule has 3 aromatic rings. The second-order valence-corrected chi connectivity index (χ2v) is 8.14. The Balaban J connectivity index is 1.26. The lowest BCUT2D eigenvalue weighted by Crippen LogP contribution is -2.36. The first-order chi connectivity index (χ1) is 16.4. The Bertz CT molecular complexity index is 1170. The number of phenolic OH excluding ortho intramolecular Hbond substituents is 2. The number of benzene rings is 2. The van der Waals surface area contributed by atoms with E-state index in [4.69, 9.17) is 9.84 Å². The maximum Gasteiger partial charge on any atom is 0.335 e. The molecule has 34 heavy (non-hydrogen) atoms. The largest absolute Gasteiger partial charge is 0.504 e. The molecule has 0 radical (unpaired) electrons. The number of nitrogens with zero attached hydrogens (tertiary/aromatic N) is 2. The maximum atomic E-state index is 12.3. The standard InChI is InChI=1S/C25H25N3O6/c29-21-6-4-17(13-22(21)30)24(31)27-19-5-7-23(26-14-19)28-10-8-16(9-11-28)15-34-20-3-1-2-18(12-20)25(32)33/h1-7,12-14,16,29-30H,8-11,15H2,(H,27,31)(H,32,33). The van der Waals surface area contributed by atoms with Crippen LogP contribution in [0.5, 0.6) is 17.2 Å². The molecule has 4 N–H and O–H groups in total. The summed E-state index contributed by atoms with van der Waals surface area (Å²) < 4.78 is 5.81. The number of aromatic nitrogens is 1. The highest BCUT2D eigenvalue weighted by Crippen LogP contribution is 2.26. The predicted octanol–water partition coefficient (Wildman–Crippen LogP) is 3.74. The van der Waals surface area contributed by atoms with Crippen molar-refractivity contribution >= 4 is 23.4 Å². The van der Waals surface area contributed by atoms with Crippen LogP contribution in [0.1, 0.15) is 33.6 Å². The zero-order chi connectivity index (χ0) is 24.1. The van der Waals surface area contributed by atoms with Gasteiger partial charge in [-0.2, -0.15) is 0 Å². The molecule has 0 bridgehead atoms. The molecule has 1 aromatic heterocycles. The van der Waals surface area contributed by atoms with E-state index >= 15 is 0 Å². The average Bonchev–Trinajstić information content (AvgIpc) is 2.85. The molecule has 0 saturated carbocycles. The Morgan fingerprint density at radius 1 is 1.00 bits per heavy atom. The highest BCUT2D eigenvalue weighted by molar-refractivity contribution is 6.04. The van der Waals surface area contributed by atoms with Gasteiger partial charge < -0.3 is 30.3 Å². The van der Waals surface area contributed by atoms with E-state index in [0.29, 0.717) is 24.0 Å². The number of piperidine rings is 1. The fraction of sp³-hybridized carbons (Fsp3) is 0.240. The number of carboxylic acids is 1. The molecule has 2 aromatic carbocycles. The molecule has 1 amide bonds. The van der Waals surface area contributed by atoms with Gasteiger partial charge in [-0.05, 0) is 67.3 Å². The topological polar surface area (TPSA) is 132 Å². The Hall–Kier alpha value is -4.27. The lowest BCUT2D eigenvalue weighted by molar-refractivity contribution is 0.0696. The summed E-state index contributed by atoms with van der Waals surface area (Å²) in [5.74, 6) is -0.298. The van der Waals surface area contributed by atoms with Gasteiger partial charge in [0.05, 0.1) is 24.1 Å². The molecular formula is C25H25N3O6. The minimum Gasteiger partial charge on any atom is -0.504 e. The Morgan fingerprint density at radius 3 is 2.47 bits per heavy atom. The number of phenols is 2. The number of rotatable bonds is 7. The fourth-order valence-electron chi connectivity index (χ4n) is 3.78. The molecule has 1 saturated heterocycles. The van der Waals surface area contributed by atoms with Crippen molar-refractivity contribution in [1.82, 2.24) is 4.98 Å². The number of carboxylic acid groups (broad SMARTS) is 1. The lowest BCUT2D eigenvalue weighted by Gasteiger charge is -2.32. The molecule has 2 heterocycles. The normalized spacial score (nSPS) is 13.9. The van der Waals surface area contributed by atoms with E-state index in [2.05, 4.69) is 15.2 Å². The van der Waals surface area contributed by atoms with Crippen molar-refractivity contribution in [2.24, 2.45) is 5.92 Å². The third-order valence-electron chi connectivity index (χ3n) is 5.75.